The first kappa shape index (κ1) is 9.36. The first-order valence-electron chi connectivity index (χ1n) is 3.72. The van der Waals surface area contributed by atoms with Crippen molar-refractivity contribution in [3.63, 3.8) is 0 Å². The van der Waals surface area contributed by atoms with Gasteiger partial charge >= 0.3 is 0 Å². The van der Waals surface area contributed by atoms with Crippen LogP contribution in [0.1, 0.15) is 11.1 Å². The molecule has 0 unspecified atom stereocenters. The molecule has 0 aliphatic rings. The van der Waals surface area contributed by atoms with Gasteiger partial charge in [-0.2, -0.15) is 0 Å². The molecule has 0 spiro atoms. The van der Waals surface area contributed by atoms with Crippen LogP contribution in [0.25, 0.3) is 0 Å². The molecule has 0 fully saturated rings. The second-order valence-corrected chi connectivity index (χ2v) is 2.97. The molecular weight excluding hydrogens is 174 g/mol. The molecule has 0 heterocycles. The lowest BCUT2D eigenvalue weighted by atomic mass is 10.1. The number of nitrogens with two attached hydrogens (primary N) is 1. The van der Waals surface area contributed by atoms with E-state index in [0.29, 0.717) is 11.6 Å². The maximum absolute atomic E-state index is 6.01. The summed E-state index contributed by atoms with van der Waals surface area (Å²) in [4.78, 5) is 0. The molecule has 2 N–H and O–H groups in total. The van der Waals surface area contributed by atoms with E-state index in [1.54, 1.807) is 7.11 Å². The summed E-state index contributed by atoms with van der Waals surface area (Å²) in [5.41, 5.74) is 7.43. The highest BCUT2D eigenvalue weighted by molar-refractivity contribution is 6.33. The minimum absolute atomic E-state index is 0.440. The van der Waals surface area contributed by atoms with E-state index in [2.05, 4.69) is 0 Å². The van der Waals surface area contributed by atoms with Gasteiger partial charge in [0.2, 0.25) is 0 Å². The van der Waals surface area contributed by atoms with Crippen molar-refractivity contribution in [2.75, 3.05) is 7.11 Å². The maximum Gasteiger partial charge on any atom is 0.140 e. The van der Waals surface area contributed by atoms with Crippen LogP contribution in [0, 0.1) is 6.92 Å². The summed E-state index contributed by atoms with van der Waals surface area (Å²) in [5, 5.41) is 0.625. The third-order valence-corrected chi connectivity index (χ3v) is 2.21. The first-order chi connectivity index (χ1) is 5.70. The normalized spacial score (nSPS) is 10.0. The summed E-state index contributed by atoms with van der Waals surface area (Å²) in [6.45, 7) is 2.39. The molecule has 2 nitrogen and oxygen atoms in total. The SMILES string of the molecule is COc1c(C)ccc(CN)c1Cl. The summed E-state index contributed by atoms with van der Waals surface area (Å²) < 4.78 is 5.13. The van der Waals surface area contributed by atoms with Gasteiger partial charge in [0.25, 0.3) is 0 Å². The highest BCUT2D eigenvalue weighted by Gasteiger charge is 2.07. The Hall–Kier alpha value is -0.730. The molecule has 0 aromatic heterocycles. The second kappa shape index (κ2) is 3.78. The number of hydrogen-bond acceptors (Lipinski definition) is 2. The number of rotatable bonds is 2. The van der Waals surface area contributed by atoms with Crippen molar-refractivity contribution >= 4 is 11.6 Å². The van der Waals surface area contributed by atoms with Gasteiger partial charge < -0.3 is 10.5 Å². The van der Waals surface area contributed by atoms with Gasteiger partial charge in [-0.25, -0.2) is 0 Å². The molecule has 0 bridgehead atoms. The number of aryl methyl sites for hydroxylation is 1. The molecule has 0 aliphatic heterocycles. The topological polar surface area (TPSA) is 35.2 Å². The van der Waals surface area contributed by atoms with E-state index in [4.69, 9.17) is 22.1 Å². The van der Waals surface area contributed by atoms with E-state index < -0.39 is 0 Å². The highest BCUT2D eigenvalue weighted by atomic mass is 35.5. The van der Waals surface area contributed by atoms with Gasteiger partial charge in [0.1, 0.15) is 5.75 Å². The van der Waals surface area contributed by atoms with Crippen LogP contribution in [-0.4, -0.2) is 7.11 Å². The van der Waals surface area contributed by atoms with E-state index in [1.807, 2.05) is 19.1 Å². The van der Waals surface area contributed by atoms with Crippen molar-refractivity contribution in [3.8, 4) is 5.75 Å². The van der Waals surface area contributed by atoms with Gasteiger partial charge in [-0.1, -0.05) is 23.7 Å². The van der Waals surface area contributed by atoms with Gasteiger partial charge in [-0.3, -0.25) is 0 Å². The number of hydrogen-bond donors (Lipinski definition) is 1. The Balaban J connectivity index is 3.24. The van der Waals surface area contributed by atoms with Gasteiger partial charge in [0, 0.05) is 6.54 Å². The van der Waals surface area contributed by atoms with Crippen LogP contribution in [0.15, 0.2) is 12.1 Å². The molecule has 0 radical (unpaired) electrons. The largest absolute Gasteiger partial charge is 0.495 e. The standard InChI is InChI=1S/C9H12ClNO/c1-6-3-4-7(5-11)8(10)9(6)12-2/h3-4H,5,11H2,1-2H3. The first-order valence-corrected chi connectivity index (χ1v) is 4.10. The van der Waals surface area contributed by atoms with Gasteiger partial charge in [-0.15, -0.1) is 0 Å². The lowest BCUT2D eigenvalue weighted by Gasteiger charge is -2.09. The van der Waals surface area contributed by atoms with Crippen LogP contribution < -0.4 is 10.5 Å². The fourth-order valence-corrected chi connectivity index (χ4v) is 1.47. The van der Waals surface area contributed by atoms with E-state index >= 15 is 0 Å². The van der Waals surface area contributed by atoms with Crippen LogP contribution in [0.5, 0.6) is 5.75 Å². The lowest BCUT2D eigenvalue weighted by Crippen LogP contribution is -1.99. The molecule has 1 rings (SSSR count). The number of methoxy groups -OCH3 is 1. The van der Waals surface area contributed by atoms with E-state index in [9.17, 15) is 0 Å². The molecule has 0 aliphatic carbocycles. The predicted octanol–water partition coefficient (Wildman–Crippen LogP) is 2.12. The van der Waals surface area contributed by atoms with Crippen molar-refractivity contribution in [1.82, 2.24) is 0 Å². The van der Waals surface area contributed by atoms with E-state index in [-0.39, 0.29) is 0 Å². The smallest absolute Gasteiger partial charge is 0.140 e. The Morgan fingerprint density at radius 3 is 2.67 bits per heavy atom. The van der Waals surface area contributed by atoms with Crippen LogP contribution >= 0.6 is 11.6 Å². The molecular formula is C9H12ClNO. The quantitative estimate of drug-likeness (QED) is 0.766. The zero-order valence-corrected chi connectivity index (χ0v) is 7.98. The molecule has 0 saturated carbocycles. The third kappa shape index (κ3) is 1.54. The van der Waals surface area contributed by atoms with Gasteiger partial charge in [0.05, 0.1) is 12.1 Å². The summed E-state index contributed by atoms with van der Waals surface area (Å²) in [6, 6.07) is 3.87. The minimum Gasteiger partial charge on any atom is -0.495 e. The highest BCUT2D eigenvalue weighted by Crippen LogP contribution is 2.30. The Labute approximate surface area is 77.3 Å². The molecule has 1 aromatic rings. The molecule has 0 saturated heterocycles. The van der Waals surface area contributed by atoms with Crippen LogP contribution in [0.3, 0.4) is 0 Å². The Kier molecular flexibility index (Phi) is 2.95. The summed E-state index contributed by atoms with van der Waals surface area (Å²) in [6.07, 6.45) is 0. The fraction of sp³-hybridized carbons (Fsp3) is 0.333. The predicted molar refractivity (Wildman–Crippen MR) is 50.6 cm³/mol. The Morgan fingerprint density at radius 2 is 2.17 bits per heavy atom. The zero-order chi connectivity index (χ0) is 9.14. The molecule has 1 aromatic carbocycles. The van der Waals surface area contributed by atoms with Crippen molar-refractivity contribution in [1.29, 1.82) is 0 Å². The zero-order valence-electron chi connectivity index (χ0n) is 7.23. The molecule has 3 heteroatoms. The molecule has 12 heavy (non-hydrogen) atoms. The van der Waals surface area contributed by atoms with Gasteiger partial charge in [0.15, 0.2) is 0 Å². The van der Waals surface area contributed by atoms with Gasteiger partial charge in [-0.05, 0) is 18.1 Å². The summed E-state index contributed by atoms with van der Waals surface area (Å²) in [7, 11) is 1.61. The number of ether oxygens (including phenoxy) is 1. The molecule has 0 amide bonds. The van der Waals surface area contributed by atoms with Crippen LogP contribution in [0.2, 0.25) is 5.02 Å². The molecule has 0 atom stereocenters. The Morgan fingerprint density at radius 1 is 1.50 bits per heavy atom. The molecule has 66 valence electrons. The number of halogens is 1. The Bertz CT molecular complexity index is 286. The summed E-state index contributed by atoms with van der Waals surface area (Å²) >= 11 is 6.01. The summed E-state index contributed by atoms with van der Waals surface area (Å²) in [5.74, 6) is 0.722. The average molecular weight is 186 g/mol. The monoisotopic (exact) mass is 185 g/mol. The van der Waals surface area contributed by atoms with Crippen molar-refractivity contribution in [3.05, 3.63) is 28.3 Å². The third-order valence-electron chi connectivity index (χ3n) is 1.80. The van der Waals surface area contributed by atoms with Crippen molar-refractivity contribution < 1.29 is 4.74 Å². The van der Waals surface area contributed by atoms with Crippen LogP contribution in [0.4, 0.5) is 0 Å². The minimum atomic E-state index is 0.440. The van der Waals surface area contributed by atoms with Crippen molar-refractivity contribution in [2.24, 2.45) is 5.73 Å². The van der Waals surface area contributed by atoms with E-state index in [0.717, 1.165) is 16.9 Å². The average Bonchev–Trinajstić information content (AvgIpc) is 2.06. The maximum atomic E-state index is 6.01. The second-order valence-electron chi connectivity index (χ2n) is 2.59. The van der Waals surface area contributed by atoms with Crippen LogP contribution in [-0.2, 0) is 6.54 Å². The van der Waals surface area contributed by atoms with Crippen molar-refractivity contribution in [2.45, 2.75) is 13.5 Å². The lowest BCUT2D eigenvalue weighted by molar-refractivity contribution is 0.411. The fourth-order valence-electron chi connectivity index (χ4n) is 1.10. The van der Waals surface area contributed by atoms with E-state index in [1.165, 1.54) is 0 Å². The number of benzene rings is 1.